The molecule has 0 bridgehead atoms. The highest BCUT2D eigenvalue weighted by Crippen LogP contribution is 2.21. The molecule has 2 aromatic carbocycles. The van der Waals surface area contributed by atoms with Gasteiger partial charge in [-0.1, -0.05) is 12.1 Å². The SMILES string of the molecule is Cc1cc([N+](=O)[O-])ccc1NC(=S)NC(=O)C=Cc1ccc(F)cc1. The van der Waals surface area contributed by atoms with Gasteiger partial charge in [-0.2, -0.15) is 0 Å². The van der Waals surface area contributed by atoms with Gasteiger partial charge < -0.3 is 5.32 Å². The molecule has 128 valence electrons. The molecule has 0 saturated carbocycles. The zero-order chi connectivity index (χ0) is 18.4. The molecule has 0 aromatic heterocycles. The van der Waals surface area contributed by atoms with Crippen molar-refractivity contribution in [2.24, 2.45) is 0 Å². The molecule has 25 heavy (non-hydrogen) atoms. The monoisotopic (exact) mass is 359 g/mol. The number of carbonyl (C=O) groups is 1. The molecular weight excluding hydrogens is 345 g/mol. The molecule has 8 heteroatoms. The van der Waals surface area contributed by atoms with Crippen LogP contribution in [0, 0.1) is 22.9 Å². The van der Waals surface area contributed by atoms with Gasteiger partial charge in [-0.15, -0.1) is 0 Å². The maximum atomic E-state index is 12.8. The zero-order valence-corrected chi connectivity index (χ0v) is 14.0. The van der Waals surface area contributed by atoms with Crippen LogP contribution in [-0.2, 0) is 4.79 Å². The molecule has 0 aliphatic rings. The highest BCUT2D eigenvalue weighted by molar-refractivity contribution is 7.80. The van der Waals surface area contributed by atoms with Crippen LogP contribution in [0.1, 0.15) is 11.1 Å². The van der Waals surface area contributed by atoms with Crippen molar-refractivity contribution in [1.29, 1.82) is 0 Å². The Kier molecular flexibility index (Phi) is 5.91. The van der Waals surface area contributed by atoms with Gasteiger partial charge in [-0.05, 0) is 54.5 Å². The van der Waals surface area contributed by atoms with Crippen molar-refractivity contribution in [3.8, 4) is 0 Å². The molecule has 0 unspecified atom stereocenters. The summed E-state index contributed by atoms with van der Waals surface area (Å²) < 4.78 is 12.8. The molecule has 0 radical (unpaired) electrons. The highest BCUT2D eigenvalue weighted by Gasteiger charge is 2.09. The molecule has 2 N–H and O–H groups in total. The van der Waals surface area contributed by atoms with Crippen LogP contribution in [0.4, 0.5) is 15.8 Å². The number of nitro groups is 1. The molecule has 0 fully saturated rings. The van der Waals surface area contributed by atoms with E-state index < -0.39 is 10.8 Å². The number of nitrogens with zero attached hydrogens (tertiary/aromatic N) is 1. The van der Waals surface area contributed by atoms with Gasteiger partial charge >= 0.3 is 0 Å². The van der Waals surface area contributed by atoms with Crippen LogP contribution < -0.4 is 10.6 Å². The van der Waals surface area contributed by atoms with E-state index in [1.165, 1.54) is 54.6 Å². The van der Waals surface area contributed by atoms with Crippen molar-refractivity contribution >= 4 is 40.7 Å². The number of aryl methyl sites for hydroxylation is 1. The predicted molar refractivity (Wildman–Crippen MR) is 97.6 cm³/mol. The highest BCUT2D eigenvalue weighted by atomic mass is 32.1. The molecule has 2 rings (SSSR count). The molecule has 0 atom stereocenters. The van der Waals surface area contributed by atoms with Gasteiger partial charge in [0.15, 0.2) is 5.11 Å². The minimum atomic E-state index is -0.489. The van der Waals surface area contributed by atoms with E-state index in [-0.39, 0.29) is 16.6 Å². The molecule has 0 saturated heterocycles. The summed E-state index contributed by atoms with van der Waals surface area (Å²) in [5, 5.41) is 16.0. The number of benzene rings is 2. The number of nitrogens with one attached hydrogen (secondary N) is 2. The van der Waals surface area contributed by atoms with E-state index >= 15 is 0 Å². The van der Waals surface area contributed by atoms with Crippen LogP contribution >= 0.6 is 12.2 Å². The summed E-state index contributed by atoms with van der Waals surface area (Å²) in [5.74, 6) is -0.813. The number of thiocarbonyl (C=S) groups is 1. The smallest absolute Gasteiger partial charge is 0.269 e. The lowest BCUT2D eigenvalue weighted by molar-refractivity contribution is -0.384. The van der Waals surface area contributed by atoms with E-state index in [1.54, 1.807) is 6.92 Å². The van der Waals surface area contributed by atoms with Crippen LogP contribution in [0.2, 0.25) is 0 Å². The first-order valence-electron chi connectivity index (χ1n) is 7.16. The van der Waals surface area contributed by atoms with Crippen LogP contribution in [-0.4, -0.2) is 15.9 Å². The number of anilines is 1. The van der Waals surface area contributed by atoms with Crippen LogP contribution in [0.25, 0.3) is 6.08 Å². The average Bonchev–Trinajstić information content (AvgIpc) is 2.56. The lowest BCUT2D eigenvalue weighted by Crippen LogP contribution is -2.33. The topological polar surface area (TPSA) is 84.3 Å². The molecular formula is C17H14FN3O3S. The Bertz CT molecular complexity index is 851. The van der Waals surface area contributed by atoms with Gasteiger partial charge in [-0.25, -0.2) is 4.39 Å². The van der Waals surface area contributed by atoms with Crippen molar-refractivity contribution < 1.29 is 14.1 Å². The molecule has 0 aliphatic heterocycles. The number of hydrogen-bond donors (Lipinski definition) is 2. The summed E-state index contributed by atoms with van der Waals surface area (Å²) in [5.41, 5.74) is 1.81. The second kappa shape index (κ2) is 8.11. The number of rotatable bonds is 4. The summed E-state index contributed by atoms with van der Waals surface area (Å²) in [4.78, 5) is 22.0. The average molecular weight is 359 g/mol. The fourth-order valence-electron chi connectivity index (χ4n) is 1.95. The Morgan fingerprint density at radius 2 is 1.92 bits per heavy atom. The van der Waals surface area contributed by atoms with E-state index in [1.807, 2.05) is 0 Å². The Morgan fingerprint density at radius 3 is 2.52 bits per heavy atom. The van der Waals surface area contributed by atoms with E-state index in [2.05, 4.69) is 10.6 Å². The van der Waals surface area contributed by atoms with Gasteiger partial charge in [0.25, 0.3) is 5.69 Å². The maximum Gasteiger partial charge on any atom is 0.269 e. The number of hydrogen-bond acceptors (Lipinski definition) is 4. The molecule has 6 nitrogen and oxygen atoms in total. The summed E-state index contributed by atoms with van der Waals surface area (Å²) >= 11 is 5.04. The quantitative estimate of drug-likeness (QED) is 0.377. The molecule has 0 spiro atoms. The molecule has 0 heterocycles. The second-order valence-electron chi connectivity index (χ2n) is 5.08. The number of nitro benzene ring substituents is 1. The molecule has 2 aromatic rings. The van der Waals surface area contributed by atoms with Crippen molar-refractivity contribution in [3.05, 3.63) is 75.6 Å². The second-order valence-corrected chi connectivity index (χ2v) is 5.49. The Morgan fingerprint density at radius 1 is 1.24 bits per heavy atom. The van der Waals surface area contributed by atoms with Crippen LogP contribution in [0.15, 0.2) is 48.5 Å². The predicted octanol–water partition coefficient (Wildman–Crippen LogP) is 3.57. The van der Waals surface area contributed by atoms with Gasteiger partial charge in [-0.3, -0.25) is 20.2 Å². The molecule has 0 aliphatic carbocycles. The van der Waals surface area contributed by atoms with E-state index in [9.17, 15) is 19.3 Å². The first kappa shape index (κ1) is 18.2. The lowest BCUT2D eigenvalue weighted by Gasteiger charge is -2.10. The van der Waals surface area contributed by atoms with E-state index in [4.69, 9.17) is 12.2 Å². The van der Waals surface area contributed by atoms with Crippen molar-refractivity contribution in [2.45, 2.75) is 6.92 Å². The fourth-order valence-corrected chi connectivity index (χ4v) is 2.17. The third kappa shape index (κ3) is 5.47. The standard InChI is InChI=1S/C17H14FN3O3S/c1-11-10-14(21(23)24)7-8-15(11)19-17(25)20-16(22)9-4-12-2-5-13(18)6-3-12/h2-10H,1H3,(H2,19,20,22,25). The summed E-state index contributed by atoms with van der Waals surface area (Å²) in [6, 6.07) is 9.92. The number of carbonyl (C=O) groups excluding carboxylic acids is 1. The maximum absolute atomic E-state index is 12.8. The van der Waals surface area contributed by atoms with Gasteiger partial charge in [0.1, 0.15) is 5.82 Å². The largest absolute Gasteiger partial charge is 0.332 e. The number of amides is 1. The third-order valence-corrected chi connectivity index (χ3v) is 3.41. The number of halogens is 1. The summed E-state index contributed by atoms with van der Waals surface area (Å²) in [6.07, 6.45) is 2.79. The Hall–Kier alpha value is -3.13. The Labute approximate surface area is 148 Å². The van der Waals surface area contributed by atoms with Crippen molar-refractivity contribution in [1.82, 2.24) is 5.32 Å². The van der Waals surface area contributed by atoms with Gasteiger partial charge in [0, 0.05) is 23.9 Å². The van der Waals surface area contributed by atoms with Crippen molar-refractivity contribution in [3.63, 3.8) is 0 Å². The lowest BCUT2D eigenvalue weighted by atomic mass is 10.2. The normalized spacial score (nSPS) is 10.5. The first-order chi connectivity index (χ1) is 11.8. The van der Waals surface area contributed by atoms with E-state index in [0.29, 0.717) is 16.8 Å². The summed E-state index contributed by atoms with van der Waals surface area (Å²) in [7, 11) is 0. The third-order valence-electron chi connectivity index (χ3n) is 3.20. The molecule has 1 amide bonds. The number of non-ortho nitro benzene ring substituents is 1. The van der Waals surface area contributed by atoms with Gasteiger partial charge in [0.05, 0.1) is 4.92 Å². The van der Waals surface area contributed by atoms with Crippen LogP contribution in [0.5, 0.6) is 0 Å². The minimum absolute atomic E-state index is 0.0276. The van der Waals surface area contributed by atoms with Crippen LogP contribution in [0.3, 0.4) is 0 Å². The minimum Gasteiger partial charge on any atom is -0.332 e. The first-order valence-corrected chi connectivity index (χ1v) is 7.56. The Balaban J connectivity index is 1.94. The van der Waals surface area contributed by atoms with E-state index in [0.717, 1.165) is 0 Å². The zero-order valence-electron chi connectivity index (χ0n) is 13.2. The van der Waals surface area contributed by atoms with Gasteiger partial charge in [0.2, 0.25) is 5.91 Å². The fraction of sp³-hybridized carbons (Fsp3) is 0.0588. The van der Waals surface area contributed by atoms with Crippen molar-refractivity contribution in [2.75, 3.05) is 5.32 Å². The summed E-state index contributed by atoms with van der Waals surface area (Å²) in [6.45, 7) is 1.69.